The predicted octanol–water partition coefficient (Wildman–Crippen LogP) is 2.02. The Bertz CT molecular complexity index is 599. The summed E-state index contributed by atoms with van der Waals surface area (Å²) in [6.07, 6.45) is 0.475. The number of aromatic carboxylic acids is 1. The number of carbonyl (C=O) groups is 2. The molecule has 0 aromatic heterocycles. The molecule has 1 rings (SSSR count). The number of nitrogens with zero attached hydrogens (tertiary/aromatic N) is 1. The molecule has 0 heterocycles. The topological polar surface area (TPSA) is 125 Å². The molecular weight excluding hydrogens is 310 g/mol. The van der Waals surface area contributed by atoms with Crippen LogP contribution < -0.4 is 9.47 Å². The van der Waals surface area contributed by atoms with Gasteiger partial charge < -0.3 is 19.3 Å². The summed E-state index contributed by atoms with van der Waals surface area (Å²) in [6.45, 7) is 1.80. The van der Waals surface area contributed by atoms with Gasteiger partial charge in [-0.3, -0.25) is 14.9 Å². The normalized spacial score (nSPS) is 10.0. The van der Waals surface area contributed by atoms with E-state index >= 15 is 0 Å². The summed E-state index contributed by atoms with van der Waals surface area (Å²) in [6, 6.07) is 2.37. The standard InChI is InChI=1S/C14H17NO8/c1-3-22-13-10(23-8-4-5-11(16)21-2)7-6-9(14(17)18)12(13)15(19)20/h6-7H,3-5,8H2,1-2H3,(H,17,18). The van der Waals surface area contributed by atoms with Crippen molar-refractivity contribution >= 4 is 17.6 Å². The van der Waals surface area contributed by atoms with E-state index in [0.717, 1.165) is 6.07 Å². The van der Waals surface area contributed by atoms with Gasteiger partial charge in [0.2, 0.25) is 5.75 Å². The smallest absolute Gasteiger partial charge is 0.342 e. The van der Waals surface area contributed by atoms with Crippen molar-refractivity contribution in [1.29, 1.82) is 0 Å². The molecule has 0 aliphatic heterocycles. The number of rotatable bonds is 9. The summed E-state index contributed by atoms with van der Waals surface area (Å²) in [5.41, 5.74) is -1.15. The Hall–Kier alpha value is -2.84. The number of nitro benzene ring substituents is 1. The van der Waals surface area contributed by atoms with Gasteiger partial charge in [0.25, 0.3) is 0 Å². The van der Waals surface area contributed by atoms with E-state index < -0.39 is 28.1 Å². The summed E-state index contributed by atoms with van der Waals surface area (Å²) in [4.78, 5) is 32.5. The van der Waals surface area contributed by atoms with Crippen LogP contribution in [0.15, 0.2) is 12.1 Å². The molecule has 0 saturated heterocycles. The molecule has 0 spiro atoms. The second kappa shape index (κ2) is 8.57. The van der Waals surface area contributed by atoms with E-state index in [1.807, 2.05) is 0 Å². The van der Waals surface area contributed by atoms with Gasteiger partial charge in [0.15, 0.2) is 5.75 Å². The number of esters is 1. The van der Waals surface area contributed by atoms with E-state index in [4.69, 9.17) is 14.6 Å². The number of hydrogen-bond donors (Lipinski definition) is 1. The minimum Gasteiger partial charge on any atom is -0.489 e. The van der Waals surface area contributed by atoms with Crippen LogP contribution in [-0.2, 0) is 9.53 Å². The first kappa shape index (κ1) is 18.2. The fourth-order valence-corrected chi connectivity index (χ4v) is 1.80. The fraction of sp³-hybridized carbons (Fsp3) is 0.429. The number of benzene rings is 1. The van der Waals surface area contributed by atoms with E-state index in [1.54, 1.807) is 6.92 Å². The Balaban J connectivity index is 3.03. The zero-order chi connectivity index (χ0) is 17.4. The first-order chi connectivity index (χ1) is 10.9. The lowest BCUT2D eigenvalue weighted by Crippen LogP contribution is -2.09. The third-order valence-corrected chi connectivity index (χ3v) is 2.81. The van der Waals surface area contributed by atoms with Crippen LogP contribution in [0.2, 0.25) is 0 Å². The molecule has 0 radical (unpaired) electrons. The van der Waals surface area contributed by atoms with E-state index in [0.29, 0.717) is 6.42 Å². The van der Waals surface area contributed by atoms with Gasteiger partial charge in [0.1, 0.15) is 5.56 Å². The second-order valence-electron chi connectivity index (χ2n) is 4.31. The molecule has 0 saturated carbocycles. The van der Waals surface area contributed by atoms with Crippen LogP contribution in [0.3, 0.4) is 0 Å². The van der Waals surface area contributed by atoms with Crippen LogP contribution in [-0.4, -0.2) is 42.3 Å². The molecule has 0 aliphatic rings. The van der Waals surface area contributed by atoms with Crippen molar-refractivity contribution in [3.8, 4) is 11.5 Å². The van der Waals surface area contributed by atoms with Crippen LogP contribution in [0.4, 0.5) is 5.69 Å². The van der Waals surface area contributed by atoms with Gasteiger partial charge in [-0.25, -0.2) is 4.79 Å². The van der Waals surface area contributed by atoms with Gasteiger partial charge in [-0.15, -0.1) is 0 Å². The third kappa shape index (κ3) is 4.83. The molecule has 0 aliphatic carbocycles. The molecule has 126 valence electrons. The number of carboxylic acids is 1. The second-order valence-corrected chi connectivity index (χ2v) is 4.31. The van der Waals surface area contributed by atoms with Gasteiger partial charge in [0, 0.05) is 6.42 Å². The highest BCUT2D eigenvalue weighted by Crippen LogP contribution is 2.40. The zero-order valence-electron chi connectivity index (χ0n) is 12.7. The number of methoxy groups -OCH3 is 1. The molecule has 0 amide bonds. The number of ether oxygens (including phenoxy) is 3. The van der Waals surface area contributed by atoms with Crippen LogP contribution in [0.5, 0.6) is 11.5 Å². The van der Waals surface area contributed by atoms with E-state index in [-0.39, 0.29) is 31.1 Å². The van der Waals surface area contributed by atoms with Crippen LogP contribution in [0.1, 0.15) is 30.1 Å². The van der Waals surface area contributed by atoms with Crippen LogP contribution >= 0.6 is 0 Å². The molecule has 9 nitrogen and oxygen atoms in total. The molecule has 0 fully saturated rings. The fourth-order valence-electron chi connectivity index (χ4n) is 1.80. The third-order valence-electron chi connectivity index (χ3n) is 2.81. The van der Waals surface area contributed by atoms with Crippen molar-refractivity contribution in [2.24, 2.45) is 0 Å². The van der Waals surface area contributed by atoms with Crippen molar-refractivity contribution < 1.29 is 33.8 Å². The molecule has 23 heavy (non-hydrogen) atoms. The average Bonchev–Trinajstić information content (AvgIpc) is 2.51. The highest BCUT2D eigenvalue weighted by molar-refractivity contribution is 5.94. The van der Waals surface area contributed by atoms with Crippen molar-refractivity contribution in [1.82, 2.24) is 0 Å². The first-order valence-electron chi connectivity index (χ1n) is 6.79. The van der Waals surface area contributed by atoms with E-state index in [9.17, 15) is 19.7 Å². The van der Waals surface area contributed by atoms with Gasteiger partial charge in [0.05, 0.1) is 25.2 Å². The number of nitro groups is 1. The average molecular weight is 327 g/mol. The molecular formula is C14H17NO8. The van der Waals surface area contributed by atoms with Gasteiger partial charge in [-0.05, 0) is 25.5 Å². The quantitative estimate of drug-likeness (QED) is 0.316. The number of carboxylic acid groups (broad SMARTS) is 1. The molecule has 0 unspecified atom stereocenters. The first-order valence-corrected chi connectivity index (χ1v) is 6.79. The maximum Gasteiger partial charge on any atom is 0.342 e. The maximum atomic E-state index is 11.2. The van der Waals surface area contributed by atoms with E-state index in [1.165, 1.54) is 13.2 Å². The van der Waals surface area contributed by atoms with Gasteiger partial charge in [-0.1, -0.05) is 0 Å². The van der Waals surface area contributed by atoms with Crippen molar-refractivity contribution in [2.45, 2.75) is 19.8 Å². The maximum absolute atomic E-state index is 11.2. The summed E-state index contributed by atoms with van der Waals surface area (Å²) in [7, 11) is 1.27. The molecule has 0 atom stereocenters. The summed E-state index contributed by atoms with van der Waals surface area (Å²) >= 11 is 0. The summed E-state index contributed by atoms with van der Waals surface area (Å²) < 4.78 is 15.1. The Labute approximate surface area is 131 Å². The van der Waals surface area contributed by atoms with Crippen molar-refractivity contribution in [3.63, 3.8) is 0 Å². The lowest BCUT2D eigenvalue weighted by molar-refractivity contribution is -0.386. The molecule has 1 aromatic carbocycles. The summed E-state index contributed by atoms with van der Waals surface area (Å²) in [5.74, 6) is -2.02. The molecule has 0 bridgehead atoms. The SMILES string of the molecule is CCOc1c(OCCCC(=O)OC)ccc(C(=O)O)c1[N+](=O)[O-]. The minimum absolute atomic E-state index is 0.0495. The van der Waals surface area contributed by atoms with E-state index in [2.05, 4.69) is 4.74 Å². The van der Waals surface area contributed by atoms with Crippen molar-refractivity contribution in [2.75, 3.05) is 20.3 Å². The van der Waals surface area contributed by atoms with Crippen LogP contribution in [0, 0.1) is 10.1 Å². The molecule has 1 aromatic rings. The van der Waals surface area contributed by atoms with Gasteiger partial charge in [-0.2, -0.15) is 0 Å². The largest absolute Gasteiger partial charge is 0.489 e. The Morgan fingerprint density at radius 2 is 2.00 bits per heavy atom. The monoisotopic (exact) mass is 327 g/mol. The van der Waals surface area contributed by atoms with Crippen molar-refractivity contribution in [3.05, 3.63) is 27.8 Å². The van der Waals surface area contributed by atoms with Gasteiger partial charge >= 0.3 is 17.6 Å². The number of hydrogen-bond acceptors (Lipinski definition) is 7. The highest BCUT2D eigenvalue weighted by Gasteiger charge is 2.29. The summed E-state index contributed by atoms with van der Waals surface area (Å²) in [5, 5.41) is 20.2. The Morgan fingerprint density at radius 3 is 2.52 bits per heavy atom. The number of carbonyl (C=O) groups excluding carboxylic acids is 1. The molecule has 9 heteroatoms. The lowest BCUT2D eigenvalue weighted by Gasteiger charge is -2.13. The zero-order valence-corrected chi connectivity index (χ0v) is 12.7. The molecule has 1 N–H and O–H groups in total. The Kier molecular flexibility index (Phi) is 6.78. The van der Waals surface area contributed by atoms with Crippen LogP contribution in [0.25, 0.3) is 0 Å². The minimum atomic E-state index is -1.44. The highest BCUT2D eigenvalue weighted by atomic mass is 16.6. The lowest BCUT2D eigenvalue weighted by atomic mass is 10.1. The Morgan fingerprint density at radius 1 is 1.30 bits per heavy atom. The predicted molar refractivity (Wildman–Crippen MR) is 78.0 cm³/mol.